The molecule has 0 aromatic heterocycles. The number of aliphatic hydroxyl groups excluding tert-OH is 1. The van der Waals surface area contributed by atoms with Crippen LogP contribution in [0, 0.1) is 17.8 Å². The minimum Gasteiger partial charge on any atom is -0.393 e. The number of hydrogen-bond donors (Lipinski definition) is 2. The van der Waals surface area contributed by atoms with Gasteiger partial charge in [0, 0.05) is 6.04 Å². The predicted octanol–water partition coefficient (Wildman–Crippen LogP) is 2.81. The van der Waals surface area contributed by atoms with Crippen molar-refractivity contribution in [1.29, 1.82) is 0 Å². The Hall–Kier alpha value is -0.0800. The van der Waals surface area contributed by atoms with Gasteiger partial charge in [-0.15, -0.1) is 0 Å². The van der Waals surface area contributed by atoms with Crippen molar-refractivity contribution >= 4 is 0 Å². The summed E-state index contributed by atoms with van der Waals surface area (Å²) >= 11 is 0. The van der Waals surface area contributed by atoms with Gasteiger partial charge in [0.2, 0.25) is 0 Å². The lowest BCUT2D eigenvalue weighted by Crippen LogP contribution is -2.43. The molecule has 4 atom stereocenters. The normalized spacial score (nSPS) is 33.0. The zero-order valence-corrected chi connectivity index (χ0v) is 11.4. The second-order valence-electron chi connectivity index (χ2n) is 6.02. The third-order valence-corrected chi connectivity index (χ3v) is 3.99. The summed E-state index contributed by atoms with van der Waals surface area (Å²) in [5, 5.41) is 12.9. The van der Waals surface area contributed by atoms with Gasteiger partial charge in [-0.2, -0.15) is 0 Å². The Morgan fingerprint density at radius 3 is 2.50 bits per heavy atom. The molecule has 0 heterocycles. The third kappa shape index (κ3) is 4.42. The first-order valence-corrected chi connectivity index (χ1v) is 6.92. The maximum atomic E-state index is 9.27. The van der Waals surface area contributed by atoms with E-state index < -0.39 is 0 Å². The SMILES string of the molecule is CC(O)CCNC1CC(C)CCC1C(C)C. The summed E-state index contributed by atoms with van der Waals surface area (Å²) in [6.45, 7) is 9.86. The van der Waals surface area contributed by atoms with Crippen LogP contribution in [-0.2, 0) is 0 Å². The molecule has 16 heavy (non-hydrogen) atoms. The molecule has 1 fully saturated rings. The first-order valence-electron chi connectivity index (χ1n) is 6.92. The van der Waals surface area contributed by atoms with Gasteiger partial charge in [0.05, 0.1) is 6.10 Å². The van der Waals surface area contributed by atoms with Gasteiger partial charge in [-0.25, -0.2) is 0 Å². The van der Waals surface area contributed by atoms with Crippen molar-refractivity contribution in [1.82, 2.24) is 5.32 Å². The molecule has 1 saturated carbocycles. The molecule has 0 saturated heterocycles. The molecule has 0 radical (unpaired) electrons. The smallest absolute Gasteiger partial charge is 0.0524 e. The Labute approximate surface area is 101 Å². The maximum absolute atomic E-state index is 9.27. The minimum atomic E-state index is -0.175. The molecule has 0 aromatic rings. The molecule has 0 spiro atoms. The second-order valence-corrected chi connectivity index (χ2v) is 6.02. The summed E-state index contributed by atoms with van der Waals surface area (Å²) in [4.78, 5) is 0. The molecule has 1 rings (SSSR count). The average molecular weight is 227 g/mol. The average Bonchev–Trinajstić information content (AvgIpc) is 2.16. The highest BCUT2D eigenvalue weighted by atomic mass is 16.3. The van der Waals surface area contributed by atoms with Crippen molar-refractivity contribution in [3.05, 3.63) is 0 Å². The summed E-state index contributed by atoms with van der Waals surface area (Å²) in [5.74, 6) is 2.46. The monoisotopic (exact) mass is 227 g/mol. The fourth-order valence-corrected chi connectivity index (χ4v) is 2.91. The molecule has 2 nitrogen and oxygen atoms in total. The van der Waals surface area contributed by atoms with Crippen LogP contribution < -0.4 is 5.32 Å². The van der Waals surface area contributed by atoms with E-state index in [1.54, 1.807) is 0 Å². The minimum absolute atomic E-state index is 0.175. The first-order chi connectivity index (χ1) is 7.50. The molecule has 4 unspecified atom stereocenters. The van der Waals surface area contributed by atoms with E-state index in [1.807, 2.05) is 6.92 Å². The van der Waals surface area contributed by atoms with Crippen LogP contribution in [0.1, 0.15) is 53.4 Å². The molecule has 0 amide bonds. The first kappa shape index (κ1) is 14.0. The van der Waals surface area contributed by atoms with Gasteiger partial charge in [-0.1, -0.05) is 27.2 Å². The van der Waals surface area contributed by atoms with Gasteiger partial charge in [0.1, 0.15) is 0 Å². The van der Waals surface area contributed by atoms with Crippen LogP contribution in [0.15, 0.2) is 0 Å². The highest BCUT2D eigenvalue weighted by molar-refractivity contribution is 4.85. The summed E-state index contributed by atoms with van der Waals surface area (Å²) in [7, 11) is 0. The number of hydrogen-bond acceptors (Lipinski definition) is 2. The van der Waals surface area contributed by atoms with E-state index in [9.17, 15) is 5.11 Å². The van der Waals surface area contributed by atoms with Crippen molar-refractivity contribution in [2.75, 3.05) is 6.54 Å². The summed E-state index contributed by atoms with van der Waals surface area (Å²) < 4.78 is 0. The van der Waals surface area contributed by atoms with E-state index in [4.69, 9.17) is 0 Å². The van der Waals surface area contributed by atoms with Crippen molar-refractivity contribution < 1.29 is 5.11 Å². The lowest BCUT2D eigenvalue weighted by atomic mass is 9.74. The molecule has 0 bridgehead atoms. The number of nitrogens with one attached hydrogen (secondary N) is 1. The Morgan fingerprint density at radius 1 is 1.25 bits per heavy atom. The van der Waals surface area contributed by atoms with Crippen LogP contribution in [0.4, 0.5) is 0 Å². The van der Waals surface area contributed by atoms with Crippen LogP contribution in [0.5, 0.6) is 0 Å². The Morgan fingerprint density at radius 2 is 1.94 bits per heavy atom. The molecule has 0 aromatic carbocycles. The summed E-state index contributed by atoms with van der Waals surface area (Å²) in [5.41, 5.74) is 0. The zero-order chi connectivity index (χ0) is 12.1. The van der Waals surface area contributed by atoms with Crippen molar-refractivity contribution in [2.24, 2.45) is 17.8 Å². The van der Waals surface area contributed by atoms with E-state index in [0.717, 1.165) is 30.7 Å². The Kier molecular flexibility index (Phi) is 5.77. The molecule has 1 aliphatic carbocycles. The Balaban J connectivity index is 2.38. The van der Waals surface area contributed by atoms with E-state index in [1.165, 1.54) is 19.3 Å². The topological polar surface area (TPSA) is 32.3 Å². The van der Waals surface area contributed by atoms with Crippen molar-refractivity contribution in [2.45, 2.75) is 65.5 Å². The van der Waals surface area contributed by atoms with E-state index in [0.29, 0.717) is 6.04 Å². The lowest BCUT2D eigenvalue weighted by Gasteiger charge is -2.38. The number of aliphatic hydroxyl groups is 1. The van der Waals surface area contributed by atoms with Gasteiger partial charge in [-0.05, 0) is 50.5 Å². The van der Waals surface area contributed by atoms with Crippen LogP contribution in [0.25, 0.3) is 0 Å². The number of rotatable bonds is 5. The standard InChI is InChI=1S/C14H29NO/c1-10(2)13-6-5-11(3)9-14(13)15-8-7-12(4)16/h10-16H,5-9H2,1-4H3. The Bertz CT molecular complexity index is 191. The quantitative estimate of drug-likeness (QED) is 0.757. The molecule has 0 aliphatic heterocycles. The summed E-state index contributed by atoms with van der Waals surface area (Å²) in [6.07, 6.45) is 4.76. The van der Waals surface area contributed by atoms with Gasteiger partial charge >= 0.3 is 0 Å². The fraction of sp³-hybridized carbons (Fsp3) is 1.00. The highest BCUT2D eigenvalue weighted by Crippen LogP contribution is 2.33. The van der Waals surface area contributed by atoms with Gasteiger partial charge in [0.25, 0.3) is 0 Å². The molecular formula is C14H29NO. The van der Waals surface area contributed by atoms with Crippen LogP contribution in [0.2, 0.25) is 0 Å². The molecule has 1 aliphatic rings. The van der Waals surface area contributed by atoms with E-state index >= 15 is 0 Å². The van der Waals surface area contributed by atoms with Gasteiger partial charge < -0.3 is 10.4 Å². The van der Waals surface area contributed by atoms with Gasteiger partial charge in [-0.3, -0.25) is 0 Å². The molecule has 2 heteroatoms. The van der Waals surface area contributed by atoms with Crippen molar-refractivity contribution in [3.8, 4) is 0 Å². The molecule has 96 valence electrons. The van der Waals surface area contributed by atoms with Crippen molar-refractivity contribution in [3.63, 3.8) is 0 Å². The summed E-state index contributed by atoms with van der Waals surface area (Å²) in [6, 6.07) is 0.669. The lowest BCUT2D eigenvalue weighted by molar-refractivity contribution is 0.152. The van der Waals surface area contributed by atoms with Crippen LogP contribution in [-0.4, -0.2) is 23.8 Å². The predicted molar refractivity (Wildman–Crippen MR) is 69.4 cm³/mol. The van der Waals surface area contributed by atoms with Gasteiger partial charge in [0.15, 0.2) is 0 Å². The third-order valence-electron chi connectivity index (χ3n) is 3.99. The maximum Gasteiger partial charge on any atom is 0.0524 e. The fourth-order valence-electron chi connectivity index (χ4n) is 2.91. The van der Waals surface area contributed by atoms with E-state index in [-0.39, 0.29) is 6.10 Å². The van der Waals surface area contributed by atoms with Crippen LogP contribution in [0.3, 0.4) is 0 Å². The van der Waals surface area contributed by atoms with E-state index in [2.05, 4.69) is 26.1 Å². The molecular weight excluding hydrogens is 198 g/mol. The highest BCUT2D eigenvalue weighted by Gasteiger charge is 2.29. The largest absolute Gasteiger partial charge is 0.393 e. The van der Waals surface area contributed by atoms with Crippen LogP contribution >= 0.6 is 0 Å². The second kappa shape index (κ2) is 6.61. The zero-order valence-electron chi connectivity index (χ0n) is 11.4. The molecule has 2 N–H and O–H groups in total.